The molecule has 12 atom stereocenters. The number of morpholine rings is 1. The highest BCUT2D eigenvalue weighted by Crippen LogP contribution is 2.85. The number of carbonyl (C=O) groups is 2. The molecule has 1 aromatic heterocycles. The fourth-order valence-corrected chi connectivity index (χ4v) is 12.9. The Bertz CT molecular complexity index is 1500. The van der Waals surface area contributed by atoms with E-state index < -0.39 is 47.7 Å². The van der Waals surface area contributed by atoms with E-state index in [9.17, 15) is 19.8 Å². The molecule has 2 aliphatic heterocycles. The third kappa shape index (κ3) is 6.16. The zero-order chi connectivity index (χ0) is 37.6. The lowest BCUT2D eigenvalue weighted by Crippen LogP contribution is -2.60. The molecule has 6 fully saturated rings. The highest BCUT2D eigenvalue weighted by Gasteiger charge is 2.79. The molecule has 12 unspecified atom stereocenters. The molecule has 6 aliphatic rings. The number of aryl methyl sites for hydroxylation is 1. The molecule has 7 rings (SSSR count). The van der Waals surface area contributed by atoms with Crippen molar-refractivity contribution in [1.29, 1.82) is 0 Å². The standard InChI is InChI=1S/C41H65N3O8/c1-24-21-27(34(39(7,8)48)50-25(2)45)51-32-26(24)11-10-15-40-23-41(40)16-14-30(37(3,4)28(41)12-13-29(40)38(5,6)33(32)46)52-31-22-44(19-20-49-31)36(47)35-42-17-18-43(35)9/h17-18,24,26-34,46,48H,10-16,19-23H2,1-9H3. The number of esters is 1. The minimum Gasteiger partial charge on any atom is -0.457 e. The molecule has 2 N–H and O–H groups in total. The number of aliphatic hydroxyl groups excluding tert-OH is 1. The Kier molecular flexibility index (Phi) is 9.79. The number of imidazole rings is 1. The van der Waals surface area contributed by atoms with Gasteiger partial charge in [0.15, 0.2) is 18.2 Å². The lowest BCUT2D eigenvalue weighted by molar-refractivity contribution is -0.245. The molecule has 1 aromatic rings. The zero-order valence-electron chi connectivity index (χ0n) is 33.1. The maximum absolute atomic E-state index is 13.3. The van der Waals surface area contributed by atoms with Crippen LogP contribution in [0.4, 0.5) is 0 Å². The van der Waals surface area contributed by atoms with E-state index >= 15 is 0 Å². The number of fused-ring (bicyclic) bond motifs is 1. The predicted molar refractivity (Wildman–Crippen MR) is 194 cm³/mol. The van der Waals surface area contributed by atoms with Crippen LogP contribution in [0.2, 0.25) is 0 Å². The topological polar surface area (TPSA) is 133 Å². The molecule has 4 saturated carbocycles. The number of amides is 1. The molecule has 11 heteroatoms. The van der Waals surface area contributed by atoms with Crippen LogP contribution < -0.4 is 0 Å². The van der Waals surface area contributed by atoms with Crippen molar-refractivity contribution in [3.8, 4) is 0 Å². The van der Waals surface area contributed by atoms with Crippen molar-refractivity contribution in [3.63, 3.8) is 0 Å². The smallest absolute Gasteiger partial charge is 0.303 e. The lowest BCUT2D eigenvalue weighted by atomic mass is 9.48. The maximum atomic E-state index is 13.3. The van der Waals surface area contributed by atoms with Crippen LogP contribution in [0.1, 0.15) is 124 Å². The van der Waals surface area contributed by atoms with Crippen LogP contribution in [0.5, 0.6) is 0 Å². The predicted octanol–water partition coefficient (Wildman–Crippen LogP) is 5.51. The molecule has 52 heavy (non-hydrogen) atoms. The number of aromatic nitrogens is 2. The Morgan fingerprint density at radius 2 is 1.75 bits per heavy atom. The van der Waals surface area contributed by atoms with Crippen LogP contribution in [-0.2, 0) is 30.8 Å². The molecule has 0 radical (unpaired) electrons. The van der Waals surface area contributed by atoms with Gasteiger partial charge >= 0.3 is 5.97 Å². The van der Waals surface area contributed by atoms with Crippen molar-refractivity contribution in [2.24, 2.45) is 52.4 Å². The Balaban J connectivity index is 1.09. The van der Waals surface area contributed by atoms with E-state index in [1.807, 2.05) is 11.9 Å². The van der Waals surface area contributed by atoms with Crippen LogP contribution in [0.3, 0.4) is 0 Å². The second kappa shape index (κ2) is 13.3. The van der Waals surface area contributed by atoms with Crippen molar-refractivity contribution in [2.45, 2.75) is 156 Å². The summed E-state index contributed by atoms with van der Waals surface area (Å²) in [4.78, 5) is 31.5. The highest BCUT2D eigenvalue weighted by molar-refractivity contribution is 5.90. The second-order valence-corrected chi connectivity index (χ2v) is 19.4. The van der Waals surface area contributed by atoms with E-state index in [1.54, 1.807) is 30.8 Å². The summed E-state index contributed by atoms with van der Waals surface area (Å²) in [5.74, 6) is 1.18. The van der Waals surface area contributed by atoms with Crippen LogP contribution in [0, 0.1) is 45.3 Å². The van der Waals surface area contributed by atoms with Crippen molar-refractivity contribution in [3.05, 3.63) is 18.2 Å². The first kappa shape index (κ1) is 38.2. The van der Waals surface area contributed by atoms with E-state index in [1.165, 1.54) is 19.8 Å². The van der Waals surface area contributed by atoms with Crippen molar-refractivity contribution in [1.82, 2.24) is 14.5 Å². The van der Waals surface area contributed by atoms with E-state index in [0.29, 0.717) is 43.8 Å². The van der Waals surface area contributed by atoms with Crippen molar-refractivity contribution in [2.75, 3.05) is 19.7 Å². The van der Waals surface area contributed by atoms with Gasteiger partial charge < -0.3 is 38.6 Å². The van der Waals surface area contributed by atoms with Crippen molar-refractivity contribution >= 4 is 11.9 Å². The van der Waals surface area contributed by atoms with E-state index in [-0.39, 0.29) is 40.1 Å². The van der Waals surface area contributed by atoms with Gasteiger partial charge in [0.2, 0.25) is 0 Å². The number of ether oxygens (including phenoxy) is 4. The van der Waals surface area contributed by atoms with Crippen LogP contribution >= 0.6 is 0 Å². The number of carbonyl (C=O) groups excluding carboxylic acids is 2. The van der Waals surface area contributed by atoms with Gasteiger partial charge in [-0.25, -0.2) is 4.98 Å². The van der Waals surface area contributed by atoms with E-state index in [0.717, 1.165) is 38.5 Å². The Hall–Kier alpha value is -2.05. The highest BCUT2D eigenvalue weighted by atomic mass is 16.7. The minimum absolute atomic E-state index is 0.0236. The molecule has 0 aromatic carbocycles. The molecule has 2 saturated heterocycles. The SMILES string of the molecule is CC(=O)OC(C1CC(C)C2CCCC34CC35CCC(OC3CN(C(=O)c6nccn6C)CCO3)C(C)(C)C5CCC4C(C)(C)C(O)C2O1)C(C)(C)O. The summed E-state index contributed by atoms with van der Waals surface area (Å²) in [7, 11) is 1.84. The first-order chi connectivity index (χ1) is 24.3. The first-order valence-electron chi connectivity index (χ1n) is 20.1. The number of rotatable bonds is 6. The molecule has 3 heterocycles. The maximum Gasteiger partial charge on any atom is 0.303 e. The second-order valence-electron chi connectivity index (χ2n) is 19.4. The number of nitrogens with zero attached hydrogens (tertiary/aromatic N) is 3. The van der Waals surface area contributed by atoms with Crippen LogP contribution in [0.15, 0.2) is 12.4 Å². The molecular weight excluding hydrogens is 662 g/mol. The average molecular weight is 728 g/mol. The summed E-state index contributed by atoms with van der Waals surface area (Å²) < 4.78 is 27.3. The normalized spacial score (nSPS) is 41.8. The third-order valence-electron chi connectivity index (χ3n) is 15.4. The van der Waals surface area contributed by atoms with Gasteiger partial charge in [0.1, 0.15) is 0 Å². The van der Waals surface area contributed by atoms with E-state index in [2.05, 4.69) is 39.6 Å². The summed E-state index contributed by atoms with van der Waals surface area (Å²) in [5, 5.41) is 23.6. The summed E-state index contributed by atoms with van der Waals surface area (Å²) in [6.07, 6.45) is 9.94. The van der Waals surface area contributed by atoms with Crippen LogP contribution in [0.25, 0.3) is 0 Å². The molecule has 292 valence electrons. The van der Waals surface area contributed by atoms with Gasteiger partial charge in [0.05, 0.1) is 43.2 Å². The molecule has 11 nitrogen and oxygen atoms in total. The van der Waals surface area contributed by atoms with Gasteiger partial charge in [-0.2, -0.15) is 0 Å². The number of hydrogen-bond donors (Lipinski definition) is 2. The molecular formula is C41H65N3O8. The summed E-state index contributed by atoms with van der Waals surface area (Å²) >= 11 is 0. The summed E-state index contributed by atoms with van der Waals surface area (Å²) in [5.41, 5.74) is -1.37. The molecule has 1 amide bonds. The zero-order valence-corrected chi connectivity index (χ0v) is 33.1. The summed E-state index contributed by atoms with van der Waals surface area (Å²) in [6.45, 7) is 17.7. The van der Waals surface area contributed by atoms with Gasteiger partial charge in [-0.3, -0.25) is 9.59 Å². The van der Waals surface area contributed by atoms with Gasteiger partial charge in [-0.1, -0.05) is 41.0 Å². The number of hydrogen-bond acceptors (Lipinski definition) is 9. The van der Waals surface area contributed by atoms with Crippen molar-refractivity contribution < 1.29 is 38.7 Å². The molecule has 0 bridgehead atoms. The number of aliphatic hydroxyl groups is 2. The molecule has 2 spiro atoms. The van der Waals surface area contributed by atoms with Gasteiger partial charge in [-0.05, 0) is 111 Å². The third-order valence-corrected chi connectivity index (χ3v) is 15.4. The fraction of sp³-hybridized carbons (Fsp3) is 0.878. The Labute approximate surface area is 310 Å². The van der Waals surface area contributed by atoms with Gasteiger partial charge in [0.25, 0.3) is 5.91 Å². The van der Waals surface area contributed by atoms with Gasteiger partial charge in [-0.15, -0.1) is 0 Å². The fourth-order valence-electron chi connectivity index (χ4n) is 12.9. The Morgan fingerprint density at radius 1 is 1.06 bits per heavy atom. The van der Waals surface area contributed by atoms with E-state index in [4.69, 9.17) is 18.9 Å². The van der Waals surface area contributed by atoms with Gasteiger partial charge in [0, 0.05) is 32.9 Å². The van der Waals surface area contributed by atoms with Crippen LogP contribution in [-0.4, -0.2) is 98.6 Å². The quantitative estimate of drug-likeness (QED) is 0.364. The monoisotopic (exact) mass is 727 g/mol. The minimum atomic E-state index is -1.28. The Morgan fingerprint density at radius 3 is 2.40 bits per heavy atom. The average Bonchev–Trinajstić information content (AvgIpc) is 3.53. The lowest BCUT2D eigenvalue weighted by Gasteiger charge is -2.58. The molecule has 4 aliphatic carbocycles. The largest absolute Gasteiger partial charge is 0.457 e. The first-order valence-corrected chi connectivity index (χ1v) is 20.1. The summed E-state index contributed by atoms with van der Waals surface area (Å²) in [6, 6.07) is 0.